The Kier molecular flexibility index (Phi) is 7.91. The summed E-state index contributed by atoms with van der Waals surface area (Å²) >= 11 is 0. The van der Waals surface area contributed by atoms with Gasteiger partial charge >= 0.3 is 6.36 Å². The van der Waals surface area contributed by atoms with Gasteiger partial charge in [-0.05, 0) is 63.9 Å². The van der Waals surface area contributed by atoms with Crippen molar-refractivity contribution in [1.82, 2.24) is 15.1 Å². The number of para-hydroxylation sites is 1. The van der Waals surface area contributed by atoms with Crippen LogP contribution in [0, 0.1) is 11.3 Å². The molecule has 3 heterocycles. The van der Waals surface area contributed by atoms with E-state index in [0.29, 0.717) is 38.9 Å². The molecule has 2 aromatic rings. The van der Waals surface area contributed by atoms with E-state index in [1.807, 2.05) is 0 Å². The van der Waals surface area contributed by atoms with E-state index in [9.17, 15) is 37.6 Å². The second kappa shape index (κ2) is 11.3. The maximum absolute atomic E-state index is 13.4. The summed E-state index contributed by atoms with van der Waals surface area (Å²) < 4.78 is 49.0. The first-order chi connectivity index (χ1) is 20.4. The SMILES string of the molecule is C[C@]1(N2C(=O)c3cccc(OCCCN4CCC(C#N)(c5ccccc5OC(F)(F)F)CC4)c3C2=O)CCC(=O)NC1=O. The number of carbonyl (C=O) groups excluding carboxylic acids is 4. The normalized spacial score (nSPS) is 22.2. The summed E-state index contributed by atoms with van der Waals surface area (Å²) in [6.45, 7) is 3.17. The molecule has 226 valence electrons. The smallest absolute Gasteiger partial charge is 0.493 e. The third-order valence-electron chi connectivity index (χ3n) is 8.38. The number of likely N-dealkylation sites (tertiary alicyclic amines) is 1. The summed E-state index contributed by atoms with van der Waals surface area (Å²) in [6.07, 6.45) is -3.68. The molecule has 43 heavy (non-hydrogen) atoms. The first kappa shape index (κ1) is 30.0. The fourth-order valence-electron chi connectivity index (χ4n) is 5.98. The van der Waals surface area contributed by atoms with Crippen LogP contribution in [0.15, 0.2) is 42.5 Å². The van der Waals surface area contributed by atoms with Crippen LogP contribution in [0.25, 0.3) is 0 Å². The molecule has 10 nitrogen and oxygen atoms in total. The number of nitrogens with one attached hydrogen (secondary N) is 1. The van der Waals surface area contributed by atoms with Crippen molar-refractivity contribution in [1.29, 1.82) is 5.26 Å². The van der Waals surface area contributed by atoms with Crippen molar-refractivity contribution in [3.63, 3.8) is 0 Å². The number of imide groups is 2. The number of halogens is 3. The summed E-state index contributed by atoms with van der Waals surface area (Å²) in [7, 11) is 0. The molecule has 0 aliphatic carbocycles. The third kappa shape index (κ3) is 5.67. The highest BCUT2D eigenvalue weighted by Crippen LogP contribution is 2.42. The maximum atomic E-state index is 13.4. The average molecular weight is 599 g/mol. The first-order valence-corrected chi connectivity index (χ1v) is 13.9. The Morgan fingerprint density at radius 1 is 0.977 bits per heavy atom. The van der Waals surface area contributed by atoms with Gasteiger partial charge in [-0.2, -0.15) is 5.26 Å². The molecule has 0 bridgehead atoms. The van der Waals surface area contributed by atoms with Gasteiger partial charge < -0.3 is 14.4 Å². The molecule has 3 aliphatic heterocycles. The van der Waals surface area contributed by atoms with Gasteiger partial charge in [-0.15, -0.1) is 13.2 Å². The van der Waals surface area contributed by atoms with E-state index in [1.54, 1.807) is 18.2 Å². The second-order valence-electron chi connectivity index (χ2n) is 11.1. The molecular weight excluding hydrogens is 569 g/mol. The molecular formula is C30H29F3N4O6. The van der Waals surface area contributed by atoms with Crippen molar-refractivity contribution in [2.75, 3.05) is 26.2 Å². The predicted molar refractivity (Wildman–Crippen MR) is 144 cm³/mol. The summed E-state index contributed by atoms with van der Waals surface area (Å²) in [5.74, 6) is -2.63. The van der Waals surface area contributed by atoms with E-state index in [-0.39, 0.29) is 47.6 Å². The number of fused-ring (bicyclic) bond motifs is 1. The highest BCUT2D eigenvalue weighted by atomic mass is 19.4. The van der Waals surface area contributed by atoms with Gasteiger partial charge in [0.2, 0.25) is 5.91 Å². The molecule has 1 atom stereocenters. The number of carbonyl (C=O) groups is 4. The van der Waals surface area contributed by atoms with Gasteiger partial charge in [0.1, 0.15) is 17.0 Å². The quantitative estimate of drug-likeness (QED) is 0.360. The van der Waals surface area contributed by atoms with Gasteiger partial charge in [-0.3, -0.25) is 29.4 Å². The Morgan fingerprint density at radius 3 is 2.35 bits per heavy atom. The Labute approximate surface area is 245 Å². The molecule has 4 amide bonds. The van der Waals surface area contributed by atoms with Crippen LogP contribution >= 0.6 is 0 Å². The lowest BCUT2D eigenvalue weighted by atomic mass is 9.73. The minimum absolute atomic E-state index is 0.00115. The second-order valence-corrected chi connectivity index (χ2v) is 11.1. The molecule has 0 aromatic heterocycles. The van der Waals surface area contributed by atoms with Crippen LogP contribution in [0.4, 0.5) is 13.2 Å². The number of alkyl halides is 3. The fourth-order valence-corrected chi connectivity index (χ4v) is 5.98. The number of benzene rings is 2. The highest BCUT2D eigenvalue weighted by molar-refractivity contribution is 6.25. The lowest BCUT2D eigenvalue weighted by Crippen LogP contribution is -2.62. The van der Waals surface area contributed by atoms with E-state index in [1.165, 1.54) is 31.2 Å². The summed E-state index contributed by atoms with van der Waals surface area (Å²) in [5.41, 5.74) is -2.22. The molecule has 2 aromatic carbocycles. The zero-order valence-corrected chi connectivity index (χ0v) is 23.3. The van der Waals surface area contributed by atoms with Gasteiger partial charge in [0.15, 0.2) is 0 Å². The lowest BCUT2D eigenvalue weighted by molar-refractivity contribution is -0.275. The highest BCUT2D eigenvalue weighted by Gasteiger charge is 2.53. The van der Waals surface area contributed by atoms with Gasteiger partial charge in [-0.25, -0.2) is 0 Å². The predicted octanol–water partition coefficient (Wildman–Crippen LogP) is 3.70. The van der Waals surface area contributed by atoms with Crippen LogP contribution in [0.1, 0.15) is 65.3 Å². The number of hydrogen-bond acceptors (Lipinski definition) is 8. The molecule has 5 rings (SSSR count). The van der Waals surface area contributed by atoms with Crippen LogP contribution in [0.2, 0.25) is 0 Å². The minimum Gasteiger partial charge on any atom is -0.493 e. The Morgan fingerprint density at radius 2 is 1.67 bits per heavy atom. The zero-order valence-electron chi connectivity index (χ0n) is 23.3. The summed E-state index contributed by atoms with van der Waals surface area (Å²) in [5, 5.41) is 12.2. The summed E-state index contributed by atoms with van der Waals surface area (Å²) in [6, 6.07) is 12.6. The van der Waals surface area contributed by atoms with Crippen molar-refractivity contribution < 1.29 is 41.8 Å². The molecule has 0 spiro atoms. The number of piperidine rings is 2. The number of ether oxygens (including phenoxy) is 2. The number of nitrogens with zero attached hydrogens (tertiary/aromatic N) is 3. The summed E-state index contributed by atoms with van der Waals surface area (Å²) in [4.78, 5) is 53.9. The number of rotatable bonds is 8. The minimum atomic E-state index is -4.87. The van der Waals surface area contributed by atoms with Crippen LogP contribution in [-0.4, -0.2) is 71.6 Å². The van der Waals surface area contributed by atoms with Gasteiger partial charge in [-0.1, -0.05) is 24.3 Å². The van der Waals surface area contributed by atoms with Crippen molar-refractivity contribution in [2.45, 2.75) is 56.3 Å². The molecule has 0 saturated carbocycles. The molecule has 1 N–H and O–H groups in total. The van der Waals surface area contributed by atoms with Crippen molar-refractivity contribution in [2.24, 2.45) is 0 Å². The van der Waals surface area contributed by atoms with Crippen LogP contribution in [-0.2, 0) is 15.0 Å². The van der Waals surface area contributed by atoms with Crippen LogP contribution in [0.3, 0.4) is 0 Å². The Balaban J connectivity index is 1.19. The molecule has 3 aliphatic rings. The molecule has 0 radical (unpaired) electrons. The first-order valence-electron chi connectivity index (χ1n) is 13.9. The number of nitriles is 1. The average Bonchev–Trinajstić information content (AvgIpc) is 3.23. The van der Waals surface area contributed by atoms with E-state index in [2.05, 4.69) is 21.0 Å². The zero-order chi connectivity index (χ0) is 31.0. The largest absolute Gasteiger partial charge is 0.573 e. The van der Waals surface area contributed by atoms with E-state index in [4.69, 9.17) is 4.74 Å². The Hall–Kier alpha value is -4.44. The van der Waals surface area contributed by atoms with Gasteiger partial charge in [0.05, 0.1) is 29.2 Å². The fraction of sp³-hybridized carbons (Fsp3) is 0.433. The standard InChI is InChI=1S/C30H29F3N4O6/c1-28(11-10-23(38)35-27(28)41)37-25(39)19-6-4-9-22(24(19)26(37)40)42-17-5-14-36-15-12-29(18-34,13-16-36)20-7-2-3-8-21(20)43-30(31,32)33/h2-4,6-9H,5,10-17H2,1H3,(H,35,38,41)/t28-/m0/s1. The van der Waals surface area contributed by atoms with Crippen LogP contribution < -0.4 is 14.8 Å². The Bertz CT molecular complexity index is 1510. The number of amides is 4. The van der Waals surface area contributed by atoms with Crippen molar-refractivity contribution in [3.8, 4) is 17.6 Å². The molecule has 2 fully saturated rings. The molecule has 2 saturated heterocycles. The lowest BCUT2D eigenvalue weighted by Gasteiger charge is -2.38. The topological polar surface area (TPSA) is 129 Å². The van der Waals surface area contributed by atoms with E-state index < -0.39 is 40.9 Å². The van der Waals surface area contributed by atoms with E-state index in [0.717, 1.165) is 4.90 Å². The monoisotopic (exact) mass is 598 g/mol. The third-order valence-corrected chi connectivity index (χ3v) is 8.38. The van der Waals surface area contributed by atoms with Crippen molar-refractivity contribution in [3.05, 3.63) is 59.2 Å². The van der Waals surface area contributed by atoms with Gasteiger partial charge in [0, 0.05) is 18.5 Å². The van der Waals surface area contributed by atoms with Crippen LogP contribution in [0.5, 0.6) is 11.5 Å². The van der Waals surface area contributed by atoms with E-state index >= 15 is 0 Å². The van der Waals surface area contributed by atoms with Gasteiger partial charge in [0.25, 0.3) is 17.7 Å². The van der Waals surface area contributed by atoms with Crippen molar-refractivity contribution >= 4 is 23.6 Å². The molecule has 0 unspecified atom stereocenters. The molecule has 13 heteroatoms. The number of hydrogen-bond donors (Lipinski definition) is 1. The maximum Gasteiger partial charge on any atom is 0.573 e.